The highest BCUT2D eigenvalue weighted by molar-refractivity contribution is 7.89. The topological polar surface area (TPSA) is 96.0 Å². The average Bonchev–Trinajstić information content (AvgIpc) is 3.37. The average molecular weight is 488 g/mol. The van der Waals surface area contributed by atoms with Gasteiger partial charge in [0.25, 0.3) is 5.91 Å². The lowest BCUT2D eigenvalue weighted by atomic mass is 10.0. The zero-order valence-corrected chi connectivity index (χ0v) is 21.0. The van der Waals surface area contributed by atoms with Crippen molar-refractivity contribution < 1.29 is 22.7 Å². The molecule has 1 saturated heterocycles. The number of nitrogens with zero attached hydrogens (tertiary/aromatic N) is 2. The summed E-state index contributed by atoms with van der Waals surface area (Å²) in [5, 5.41) is 2.83. The molecule has 1 N–H and O–H groups in total. The highest BCUT2D eigenvalue weighted by Gasteiger charge is 2.27. The molecular formula is C25H33N3O5S. The van der Waals surface area contributed by atoms with Crippen LogP contribution in [0, 0.1) is 0 Å². The van der Waals surface area contributed by atoms with Crippen LogP contribution in [0.3, 0.4) is 0 Å². The van der Waals surface area contributed by atoms with Gasteiger partial charge in [0.15, 0.2) is 6.10 Å². The number of anilines is 1. The number of benzene rings is 2. The number of hydrogen-bond acceptors (Lipinski definition) is 6. The quantitative estimate of drug-likeness (QED) is 0.547. The number of carbonyl (C=O) groups excluding carboxylic acids is 2. The summed E-state index contributed by atoms with van der Waals surface area (Å²) in [5.74, 6) is -1.03. The van der Waals surface area contributed by atoms with Gasteiger partial charge >= 0.3 is 5.97 Å². The van der Waals surface area contributed by atoms with E-state index in [1.165, 1.54) is 33.2 Å². The maximum absolute atomic E-state index is 13.1. The maximum atomic E-state index is 13.1. The van der Waals surface area contributed by atoms with Gasteiger partial charge in [0, 0.05) is 33.7 Å². The van der Waals surface area contributed by atoms with Gasteiger partial charge in [-0.3, -0.25) is 4.79 Å². The zero-order chi connectivity index (χ0) is 24.9. The van der Waals surface area contributed by atoms with Crippen LogP contribution < -0.4 is 10.2 Å². The molecule has 184 valence electrons. The Bertz CT molecular complexity index is 1110. The van der Waals surface area contributed by atoms with Gasteiger partial charge < -0.3 is 15.0 Å². The van der Waals surface area contributed by atoms with E-state index in [4.69, 9.17) is 4.74 Å². The van der Waals surface area contributed by atoms with E-state index >= 15 is 0 Å². The fourth-order valence-electron chi connectivity index (χ4n) is 3.86. The Hall–Kier alpha value is -2.91. The lowest BCUT2D eigenvalue weighted by molar-refractivity contribution is -0.129. The van der Waals surface area contributed by atoms with Gasteiger partial charge in [-0.15, -0.1) is 0 Å². The molecule has 2 atom stereocenters. The Morgan fingerprint density at radius 1 is 1.06 bits per heavy atom. The molecule has 34 heavy (non-hydrogen) atoms. The SMILES string of the molecule is CC(OC(=O)c1cc(S(=O)(=O)N(C)C)ccc1N1CCCC1)C(=O)NCC(C)c1ccccc1. The number of carbonyl (C=O) groups is 2. The van der Waals surface area contributed by atoms with Gasteiger partial charge in [0.2, 0.25) is 10.0 Å². The minimum atomic E-state index is -3.73. The molecule has 8 nitrogen and oxygen atoms in total. The van der Waals surface area contributed by atoms with Crippen molar-refractivity contribution in [1.82, 2.24) is 9.62 Å². The van der Waals surface area contributed by atoms with Crippen LogP contribution in [0.2, 0.25) is 0 Å². The number of sulfonamides is 1. The second-order valence-corrected chi connectivity index (χ2v) is 10.9. The van der Waals surface area contributed by atoms with E-state index in [9.17, 15) is 18.0 Å². The minimum absolute atomic E-state index is 0.00110. The number of rotatable bonds is 9. The fraction of sp³-hybridized carbons (Fsp3) is 0.440. The second-order valence-electron chi connectivity index (χ2n) is 8.76. The smallest absolute Gasteiger partial charge is 0.341 e. The van der Waals surface area contributed by atoms with Gasteiger partial charge in [-0.1, -0.05) is 37.3 Å². The zero-order valence-electron chi connectivity index (χ0n) is 20.2. The van der Waals surface area contributed by atoms with Crippen LogP contribution >= 0.6 is 0 Å². The third-order valence-electron chi connectivity index (χ3n) is 6.02. The number of esters is 1. The number of amides is 1. The van der Waals surface area contributed by atoms with Gasteiger partial charge in [0.05, 0.1) is 16.1 Å². The molecule has 0 radical (unpaired) electrons. The molecule has 2 unspecified atom stereocenters. The first-order valence-electron chi connectivity index (χ1n) is 11.5. The number of nitrogens with one attached hydrogen (secondary N) is 1. The fourth-order valence-corrected chi connectivity index (χ4v) is 4.79. The van der Waals surface area contributed by atoms with E-state index in [-0.39, 0.29) is 16.4 Å². The molecular weight excluding hydrogens is 454 g/mol. The van der Waals surface area contributed by atoms with Gasteiger partial charge in [0.1, 0.15) is 0 Å². The molecule has 0 bridgehead atoms. The molecule has 0 aromatic heterocycles. The van der Waals surface area contributed by atoms with Crippen LogP contribution in [0.25, 0.3) is 0 Å². The summed E-state index contributed by atoms with van der Waals surface area (Å²) < 4.78 is 31.8. The predicted molar refractivity (Wildman–Crippen MR) is 132 cm³/mol. The molecule has 1 aliphatic heterocycles. The Kier molecular flexibility index (Phi) is 8.33. The van der Waals surface area contributed by atoms with E-state index in [1.807, 2.05) is 42.2 Å². The van der Waals surface area contributed by atoms with E-state index in [1.54, 1.807) is 6.07 Å². The summed E-state index contributed by atoms with van der Waals surface area (Å²) >= 11 is 0. The van der Waals surface area contributed by atoms with Gasteiger partial charge in [-0.05, 0) is 49.4 Å². The maximum Gasteiger partial charge on any atom is 0.341 e. The first-order valence-corrected chi connectivity index (χ1v) is 12.9. The molecule has 1 heterocycles. The van der Waals surface area contributed by atoms with Crippen LogP contribution in [-0.2, 0) is 19.6 Å². The summed E-state index contributed by atoms with van der Waals surface area (Å²) in [4.78, 5) is 27.7. The standard InChI is InChI=1S/C25H33N3O5S/c1-18(20-10-6-5-7-11-20)17-26-24(29)19(2)33-25(30)22-16-21(34(31,32)27(3)4)12-13-23(22)28-14-8-9-15-28/h5-7,10-13,16,18-19H,8-9,14-15,17H2,1-4H3,(H,26,29). The summed E-state index contributed by atoms with van der Waals surface area (Å²) in [6.07, 6.45) is 0.950. The van der Waals surface area contributed by atoms with Crippen molar-refractivity contribution in [2.24, 2.45) is 0 Å². The van der Waals surface area contributed by atoms with Crippen molar-refractivity contribution in [3.63, 3.8) is 0 Å². The van der Waals surface area contributed by atoms with Crippen molar-refractivity contribution in [3.8, 4) is 0 Å². The van der Waals surface area contributed by atoms with Crippen molar-refractivity contribution in [2.45, 2.75) is 43.6 Å². The molecule has 0 aliphatic carbocycles. The minimum Gasteiger partial charge on any atom is -0.449 e. The summed E-state index contributed by atoms with van der Waals surface area (Å²) in [5.41, 5.74) is 1.86. The van der Waals surface area contributed by atoms with E-state index in [0.717, 1.165) is 35.8 Å². The van der Waals surface area contributed by atoms with Crippen molar-refractivity contribution in [1.29, 1.82) is 0 Å². The molecule has 1 aliphatic rings. The predicted octanol–water partition coefficient (Wildman–Crippen LogP) is 3.00. The summed E-state index contributed by atoms with van der Waals surface area (Å²) in [6, 6.07) is 14.3. The Balaban J connectivity index is 1.74. The van der Waals surface area contributed by atoms with Crippen LogP contribution in [0.15, 0.2) is 53.4 Å². The molecule has 9 heteroatoms. The molecule has 3 rings (SSSR count). The van der Waals surface area contributed by atoms with Gasteiger partial charge in [-0.25, -0.2) is 17.5 Å². The normalized spacial score (nSPS) is 15.7. The van der Waals surface area contributed by atoms with Crippen molar-refractivity contribution >= 4 is 27.6 Å². The summed E-state index contributed by atoms with van der Waals surface area (Å²) in [7, 11) is -0.865. The first kappa shape index (κ1) is 25.7. The molecule has 0 saturated carbocycles. The van der Waals surface area contributed by atoms with Gasteiger partial charge in [-0.2, -0.15) is 0 Å². The third kappa shape index (κ3) is 5.95. The second kappa shape index (κ2) is 11.0. The molecule has 2 aromatic carbocycles. The number of ether oxygens (including phenoxy) is 1. The summed E-state index contributed by atoms with van der Waals surface area (Å²) in [6.45, 7) is 5.46. The van der Waals surface area contributed by atoms with Crippen molar-refractivity contribution in [2.75, 3.05) is 38.6 Å². The van der Waals surface area contributed by atoms with Crippen LogP contribution in [0.1, 0.15) is 48.5 Å². The highest BCUT2D eigenvalue weighted by atomic mass is 32.2. The lowest BCUT2D eigenvalue weighted by Crippen LogP contribution is -2.38. The lowest BCUT2D eigenvalue weighted by Gasteiger charge is -2.23. The Labute approximate surface area is 201 Å². The van der Waals surface area contributed by atoms with Crippen LogP contribution in [0.4, 0.5) is 5.69 Å². The Morgan fingerprint density at radius 2 is 1.71 bits per heavy atom. The largest absolute Gasteiger partial charge is 0.449 e. The molecule has 1 amide bonds. The molecule has 0 spiro atoms. The Morgan fingerprint density at radius 3 is 2.32 bits per heavy atom. The van der Waals surface area contributed by atoms with Crippen molar-refractivity contribution in [3.05, 3.63) is 59.7 Å². The monoisotopic (exact) mass is 487 g/mol. The third-order valence-corrected chi connectivity index (χ3v) is 7.83. The number of hydrogen-bond donors (Lipinski definition) is 1. The van der Waals surface area contributed by atoms with Crippen LogP contribution in [0.5, 0.6) is 0 Å². The van der Waals surface area contributed by atoms with E-state index in [2.05, 4.69) is 5.32 Å². The van der Waals surface area contributed by atoms with E-state index < -0.39 is 28.0 Å². The van der Waals surface area contributed by atoms with Crippen LogP contribution in [-0.4, -0.2) is 64.4 Å². The molecule has 2 aromatic rings. The highest BCUT2D eigenvalue weighted by Crippen LogP contribution is 2.29. The molecule has 1 fully saturated rings. The first-order chi connectivity index (χ1) is 16.1. The van der Waals surface area contributed by atoms with E-state index in [0.29, 0.717) is 12.2 Å².